The second kappa shape index (κ2) is 13.4. The molecule has 0 aliphatic carbocycles. The van der Waals surface area contributed by atoms with E-state index in [-0.39, 0.29) is 32.8 Å². The molecule has 40 heavy (non-hydrogen) atoms. The van der Waals surface area contributed by atoms with Gasteiger partial charge in [0.2, 0.25) is 5.91 Å². The molecule has 1 saturated heterocycles. The average Bonchev–Trinajstić information content (AvgIpc) is 2.96. The molecular formula is C28H30Cl2N4O5S. The van der Waals surface area contributed by atoms with E-state index in [4.69, 9.17) is 28.0 Å². The molecule has 2 amide bonds. The highest BCUT2D eigenvalue weighted by Gasteiger charge is 2.29. The fourth-order valence-electron chi connectivity index (χ4n) is 4.13. The summed E-state index contributed by atoms with van der Waals surface area (Å²) in [5.41, 5.74) is 0.435. The lowest BCUT2D eigenvalue weighted by atomic mass is 9.98. The molecule has 3 aromatic rings. The number of benzene rings is 3. The summed E-state index contributed by atoms with van der Waals surface area (Å²) in [5, 5.41) is 9.34. The Morgan fingerprint density at radius 3 is 2.35 bits per heavy atom. The third-order valence-corrected chi connectivity index (χ3v) is 8.56. The minimum atomic E-state index is -4.26. The van der Waals surface area contributed by atoms with Crippen LogP contribution in [0.5, 0.6) is 5.75 Å². The van der Waals surface area contributed by atoms with E-state index in [9.17, 15) is 18.0 Å². The number of carbonyl (C=O) groups is 2. The number of hydrogen-bond acceptors (Lipinski definition) is 6. The van der Waals surface area contributed by atoms with Crippen LogP contribution >= 0.6 is 23.2 Å². The number of hydrogen-bond donors (Lipinski definition) is 3. The molecule has 1 heterocycles. The van der Waals surface area contributed by atoms with Crippen LogP contribution in [0, 0.1) is 5.92 Å². The molecule has 0 bridgehead atoms. The Morgan fingerprint density at radius 2 is 1.70 bits per heavy atom. The SMILES string of the molecule is CC(NC(=O)c1ccc(S(=O)(=O)N(Oc2ccc(Cl)cc2Cl)c2ccccc2)cc1)C(=O)NCC1CCNCC1. The predicted molar refractivity (Wildman–Crippen MR) is 155 cm³/mol. The first-order chi connectivity index (χ1) is 19.1. The van der Waals surface area contributed by atoms with Gasteiger partial charge in [-0.25, -0.2) is 0 Å². The third-order valence-electron chi connectivity index (χ3n) is 6.44. The number of rotatable bonds is 10. The van der Waals surface area contributed by atoms with E-state index in [1.807, 2.05) is 0 Å². The number of para-hydroxylation sites is 1. The van der Waals surface area contributed by atoms with E-state index >= 15 is 0 Å². The number of piperidine rings is 1. The summed E-state index contributed by atoms with van der Waals surface area (Å²) in [6.07, 6.45) is 1.99. The van der Waals surface area contributed by atoms with Gasteiger partial charge in [0.05, 0.1) is 15.6 Å². The van der Waals surface area contributed by atoms with Gasteiger partial charge in [-0.1, -0.05) is 45.9 Å². The number of nitrogens with one attached hydrogen (secondary N) is 3. The smallest absolute Gasteiger partial charge is 0.295 e. The minimum absolute atomic E-state index is 0.0851. The van der Waals surface area contributed by atoms with Gasteiger partial charge >= 0.3 is 0 Å². The van der Waals surface area contributed by atoms with E-state index in [0.717, 1.165) is 30.4 Å². The van der Waals surface area contributed by atoms with Gasteiger partial charge in [-0.2, -0.15) is 8.42 Å². The van der Waals surface area contributed by atoms with Crippen molar-refractivity contribution in [2.75, 3.05) is 24.1 Å². The highest BCUT2D eigenvalue weighted by Crippen LogP contribution is 2.32. The van der Waals surface area contributed by atoms with Crippen LogP contribution in [-0.4, -0.2) is 45.9 Å². The summed E-state index contributed by atoms with van der Waals surface area (Å²) < 4.78 is 28.0. The van der Waals surface area contributed by atoms with E-state index in [1.54, 1.807) is 37.3 Å². The Kier molecular flexibility index (Phi) is 9.91. The molecule has 0 radical (unpaired) electrons. The number of anilines is 1. The zero-order valence-corrected chi connectivity index (χ0v) is 24.1. The van der Waals surface area contributed by atoms with Crippen molar-refractivity contribution in [3.05, 3.63) is 88.4 Å². The summed E-state index contributed by atoms with van der Waals surface area (Å²) in [6, 6.07) is 17.2. The summed E-state index contributed by atoms with van der Waals surface area (Å²) in [7, 11) is -4.26. The number of carbonyl (C=O) groups excluding carboxylic acids is 2. The van der Waals surface area contributed by atoms with Crippen LogP contribution in [0.1, 0.15) is 30.1 Å². The van der Waals surface area contributed by atoms with Gasteiger partial charge in [-0.05, 0) is 93.4 Å². The first-order valence-corrected chi connectivity index (χ1v) is 15.0. The first-order valence-electron chi connectivity index (χ1n) is 12.8. The van der Waals surface area contributed by atoms with Gasteiger partial charge in [0.25, 0.3) is 15.9 Å². The highest BCUT2D eigenvalue weighted by molar-refractivity contribution is 7.92. The maximum Gasteiger partial charge on any atom is 0.295 e. The van der Waals surface area contributed by atoms with Crippen molar-refractivity contribution in [2.24, 2.45) is 5.92 Å². The van der Waals surface area contributed by atoms with Crippen LogP contribution in [0.25, 0.3) is 0 Å². The quantitative estimate of drug-likeness (QED) is 0.295. The van der Waals surface area contributed by atoms with Gasteiger partial charge in [-0.15, -0.1) is 0 Å². The lowest BCUT2D eigenvalue weighted by Crippen LogP contribution is -2.46. The van der Waals surface area contributed by atoms with Crippen LogP contribution in [0.3, 0.4) is 0 Å². The topological polar surface area (TPSA) is 117 Å². The third kappa shape index (κ3) is 7.45. The molecule has 1 aliphatic heterocycles. The first kappa shape index (κ1) is 29.7. The van der Waals surface area contributed by atoms with Crippen LogP contribution in [0.4, 0.5) is 5.69 Å². The molecule has 1 aliphatic rings. The van der Waals surface area contributed by atoms with Crippen molar-refractivity contribution in [3.63, 3.8) is 0 Å². The van der Waals surface area contributed by atoms with Crippen LogP contribution in [0.15, 0.2) is 77.7 Å². The fourth-order valence-corrected chi connectivity index (χ4v) is 5.82. The molecule has 0 spiro atoms. The second-order valence-electron chi connectivity index (χ2n) is 9.39. The van der Waals surface area contributed by atoms with Gasteiger partial charge in [0, 0.05) is 17.1 Å². The fraction of sp³-hybridized carbons (Fsp3) is 0.286. The summed E-state index contributed by atoms with van der Waals surface area (Å²) >= 11 is 12.2. The Hall–Kier alpha value is -3.31. The standard InChI is InChI=1S/C28H30Cl2N4O5S/c1-19(27(35)32-18-20-13-15-31-16-14-20)33-28(36)21-7-10-24(11-8-21)40(37,38)34(23-5-3-2-4-6-23)39-26-12-9-22(29)17-25(26)30/h2-12,17,19-20,31H,13-16,18H2,1H3,(H,32,35)(H,33,36). The van der Waals surface area contributed by atoms with E-state index in [0.29, 0.717) is 17.5 Å². The zero-order chi connectivity index (χ0) is 28.7. The molecule has 1 atom stereocenters. The second-order valence-corrected chi connectivity index (χ2v) is 12.0. The predicted octanol–water partition coefficient (Wildman–Crippen LogP) is 4.42. The number of nitrogens with zero attached hydrogens (tertiary/aromatic N) is 1. The van der Waals surface area contributed by atoms with Crippen molar-refractivity contribution in [2.45, 2.75) is 30.7 Å². The van der Waals surface area contributed by atoms with Gasteiger partial charge in [0.15, 0.2) is 5.75 Å². The maximum atomic E-state index is 13.6. The number of sulfonamides is 1. The Balaban J connectivity index is 1.46. The molecule has 0 aromatic heterocycles. The largest absolute Gasteiger partial charge is 0.363 e. The summed E-state index contributed by atoms with van der Waals surface area (Å²) in [5.74, 6) is -0.278. The lowest BCUT2D eigenvalue weighted by Gasteiger charge is -2.24. The Bertz CT molecular complexity index is 1430. The van der Waals surface area contributed by atoms with E-state index in [1.165, 1.54) is 42.5 Å². The van der Waals surface area contributed by atoms with Gasteiger partial charge < -0.3 is 20.8 Å². The Morgan fingerprint density at radius 1 is 1.02 bits per heavy atom. The molecule has 1 unspecified atom stereocenters. The summed E-state index contributed by atoms with van der Waals surface area (Å²) in [6.45, 7) is 4.03. The molecule has 3 aromatic carbocycles. The monoisotopic (exact) mass is 604 g/mol. The van der Waals surface area contributed by atoms with Crippen molar-refractivity contribution in [1.29, 1.82) is 0 Å². The van der Waals surface area contributed by atoms with Crippen LogP contribution in [-0.2, 0) is 14.8 Å². The summed E-state index contributed by atoms with van der Waals surface area (Å²) in [4.78, 5) is 30.9. The lowest BCUT2D eigenvalue weighted by molar-refractivity contribution is -0.122. The molecule has 9 nitrogen and oxygen atoms in total. The average molecular weight is 606 g/mol. The van der Waals surface area contributed by atoms with Crippen molar-refractivity contribution in [1.82, 2.24) is 16.0 Å². The van der Waals surface area contributed by atoms with Crippen LogP contribution < -0.4 is 25.3 Å². The molecule has 212 valence electrons. The molecule has 12 heteroatoms. The number of amides is 2. The van der Waals surface area contributed by atoms with Crippen molar-refractivity contribution in [3.8, 4) is 5.75 Å². The molecule has 0 saturated carbocycles. The van der Waals surface area contributed by atoms with Gasteiger partial charge in [0.1, 0.15) is 6.04 Å². The molecule has 3 N–H and O–H groups in total. The van der Waals surface area contributed by atoms with Crippen molar-refractivity contribution >= 4 is 50.7 Å². The molecular weight excluding hydrogens is 575 g/mol. The number of halogens is 2. The van der Waals surface area contributed by atoms with Gasteiger partial charge in [-0.3, -0.25) is 9.59 Å². The highest BCUT2D eigenvalue weighted by atomic mass is 35.5. The zero-order valence-electron chi connectivity index (χ0n) is 21.8. The minimum Gasteiger partial charge on any atom is -0.363 e. The molecule has 4 rings (SSSR count). The van der Waals surface area contributed by atoms with Crippen LogP contribution in [0.2, 0.25) is 10.0 Å². The maximum absolute atomic E-state index is 13.6. The van der Waals surface area contributed by atoms with Crippen molar-refractivity contribution < 1.29 is 22.8 Å². The Labute approximate surface area is 243 Å². The molecule has 1 fully saturated rings. The van der Waals surface area contributed by atoms with E-state index < -0.39 is 22.0 Å². The van der Waals surface area contributed by atoms with E-state index in [2.05, 4.69) is 16.0 Å². The normalized spacial score (nSPS) is 14.7.